The highest BCUT2D eigenvalue weighted by atomic mass is 16.5. The van der Waals surface area contributed by atoms with E-state index in [9.17, 15) is 4.79 Å². The number of carboxylic acid groups (broad SMARTS) is 1. The van der Waals surface area contributed by atoms with Crippen molar-refractivity contribution in [3.63, 3.8) is 0 Å². The standard InChI is InChI=1S/C9H19NO4/c1-3-4-13-5-6-14-7-9(2,10)8(11)12/h3-7,10H2,1-2H3,(H,11,12). The first-order valence-electron chi connectivity index (χ1n) is 4.68. The van der Waals surface area contributed by atoms with E-state index in [0.717, 1.165) is 6.42 Å². The second-order valence-electron chi connectivity index (χ2n) is 3.39. The van der Waals surface area contributed by atoms with Crippen molar-refractivity contribution in [2.24, 2.45) is 5.73 Å². The van der Waals surface area contributed by atoms with E-state index in [2.05, 4.69) is 0 Å². The molecule has 0 amide bonds. The Morgan fingerprint density at radius 2 is 1.93 bits per heavy atom. The average Bonchev–Trinajstić information content (AvgIpc) is 2.10. The molecular weight excluding hydrogens is 186 g/mol. The number of hydrogen-bond acceptors (Lipinski definition) is 4. The molecule has 0 aliphatic rings. The third-order valence-corrected chi connectivity index (χ3v) is 1.61. The van der Waals surface area contributed by atoms with Gasteiger partial charge in [0.25, 0.3) is 0 Å². The lowest BCUT2D eigenvalue weighted by Crippen LogP contribution is -2.49. The van der Waals surface area contributed by atoms with E-state index in [-0.39, 0.29) is 6.61 Å². The normalized spacial score (nSPS) is 15.1. The molecule has 0 bridgehead atoms. The predicted octanol–water partition coefficient (Wildman–Crippen LogP) is 0.232. The third-order valence-electron chi connectivity index (χ3n) is 1.61. The van der Waals surface area contributed by atoms with Crippen LogP contribution in [0.2, 0.25) is 0 Å². The van der Waals surface area contributed by atoms with E-state index in [1.165, 1.54) is 6.92 Å². The first-order chi connectivity index (χ1) is 6.50. The number of ether oxygens (including phenoxy) is 2. The minimum absolute atomic E-state index is 0.00216. The fourth-order valence-electron chi connectivity index (χ4n) is 0.710. The Bertz CT molecular complexity index is 170. The number of nitrogens with two attached hydrogens (primary N) is 1. The molecule has 0 fully saturated rings. The van der Waals surface area contributed by atoms with Gasteiger partial charge in [-0.25, -0.2) is 0 Å². The monoisotopic (exact) mass is 205 g/mol. The van der Waals surface area contributed by atoms with Crippen LogP contribution in [0, 0.1) is 0 Å². The first-order valence-corrected chi connectivity index (χ1v) is 4.68. The maximum Gasteiger partial charge on any atom is 0.325 e. The Morgan fingerprint density at radius 3 is 2.43 bits per heavy atom. The molecule has 14 heavy (non-hydrogen) atoms. The second kappa shape index (κ2) is 6.75. The number of carboxylic acids is 1. The SMILES string of the molecule is CCCOCCOCC(C)(N)C(=O)O. The van der Waals surface area contributed by atoms with Gasteiger partial charge in [-0.1, -0.05) is 6.92 Å². The topological polar surface area (TPSA) is 81.8 Å². The largest absolute Gasteiger partial charge is 0.480 e. The summed E-state index contributed by atoms with van der Waals surface area (Å²) in [6.45, 7) is 4.98. The van der Waals surface area contributed by atoms with Crippen LogP contribution in [0.15, 0.2) is 0 Å². The molecule has 0 heterocycles. The van der Waals surface area contributed by atoms with Crippen LogP contribution in [0.1, 0.15) is 20.3 Å². The Hall–Kier alpha value is -0.650. The van der Waals surface area contributed by atoms with E-state index in [0.29, 0.717) is 19.8 Å². The van der Waals surface area contributed by atoms with Crippen molar-refractivity contribution in [2.75, 3.05) is 26.4 Å². The molecule has 0 aromatic carbocycles. The van der Waals surface area contributed by atoms with Crippen molar-refractivity contribution in [3.8, 4) is 0 Å². The van der Waals surface area contributed by atoms with E-state index >= 15 is 0 Å². The van der Waals surface area contributed by atoms with Crippen LogP contribution in [0.3, 0.4) is 0 Å². The summed E-state index contributed by atoms with van der Waals surface area (Å²) in [5.74, 6) is -1.06. The van der Waals surface area contributed by atoms with Crippen LogP contribution in [-0.2, 0) is 14.3 Å². The molecule has 0 radical (unpaired) electrons. The van der Waals surface area contributed by atoms with Gasteiger partial charge in [-0.05, 0) is 13.3 Å². The molecule has 84 valence electrons. The van der Waals surface area contributed by atoms with E-state index in [1.54, 1.807) is 0 Å². The molecule has 0 aliphatic heterocycles. The highest BCUT2D eigenvalue weighted by Crippen LogP contribution is 1.99. The van der Waals surface area contributed by atoms with Gasteiger partial charge in [-0.2, -0.15) is 0 Å². The van der Waals surface area contributed by atoms with Gasteiger partial charge in [0.1, 0.15) is 5.54 Å². The van der Waals surface area contributed by atoms with Gasteiger partial charge in [-0.15, -0.1) is 0 Å². The van der Waals surface area contributed by atoms with Crippen molar-refractivity contribution in [2.45, 2.75) is 25.8 Å². The van der Waals surface area contributed by atoms with Gasteiger partial charge >= 0.3 is 5.97 Å². The van der Waals surface area contributed by atoms with Gasteiger partial charge in [0.2, 0.25) is 0 Å². The van der Waals surface area contributed by atoms with E-state index < -0.39 is 11.5 Å². The molecule has 1 atom stereocenters. The summed E-state index contributed by atoms with van der Waals surface area (Å²) in [5.41, 5.74) is 4.12. The summed E-state index contributed by atoms with van der Waals surface area (Å²) in [5, 5.41) is 8.65. The van der Waals surface area contributed by atoms with Gasteiger partial charge in [0, 0.05) is 6.61 Å². The van der Waals surface area contributed by atoms with Crippen LogP contribution in [-0.4, -0.2) is 43.0 Å². The van der Waals surface area contributed by atoms with Gasteiger partial charge < -0.3 is 20.3 Å². The number of rotatable bonds is 8. The molecule has 0 spiro atoms. The highest BCUT2D eigenvalue weighted by Gasteiger charge is 2.27. The van der Waals surface area contributed by atoms with Crippen LogP contribution in [0.5, 0.6) is 0 Å². The summed E-state index contributed by atoms with van der Waals surface area (Å²) in [6.07, 6.45) is 0.962. The average molecular weight is 205 g/mol. The summed E-state index contributed by atoms with van der Waals surface area (Å²) in [7, 11) is 0. The zero-order valence-electron chi connectivity index (χ0n) is 8.78. The van der Waals surface area contributed by atoms with Crippen molar-refractivity contribution in [1.29, 1.82) is 0 Å². The zero-order valence-corrected chi connectivity index (χ0v) is 8.78. The minimum atomic E-state index is -1.31. The van der Waals surface area contributed by atoms with Crippen LogP contribution >= 0.6 is 0 Å². The lowest BCUT2D eigenvalue weighted by Gasteiger charge is -2.18. The van der Waals surface area contributed by atoms with Gasteiger partial charge in [0.05, 0.1) is 19.8 Å². The van der Waals surface area contributed by atoms with Gasteiger partial charge in [-0.3, -0.25) is 4.79 Å². The van der Waals surface area contributed by atoms with Crippen molar-refractivity contribution >= 4 is 5.97 Å². The molecule has 0 aromatic rings. The molecule has 0 aromatic heterocycles. The molecule has 0 rings (SSSR count). The summed E-state index contributed by atoms with van der Waals surface area (Å²) < 4.78 is 10.2. The quantitative estimate of drug-likeness (QED) is 0.554. The molecule has 5 nitrogen and oxygen atoms in total. The van der Waals surface area contributed by atoms with Crippen molar-refractivity contribution in [3.05, 3.63) is 0 Å². The molecule has 5 heteroatoms. The lowest BCUT2D eigenvalue weighted by molar-refractivity contribution is -0.145. The third kappa shape index (κ3) is 5.90. The first kappa shape index (κ1) is 13.4. The zero-order chi connectivity index (χ0) is 11.0. The van der Waals surface area contributed by atoms with Crippen molar-refractivity contribution < 1.29 is 19.4 Å². The maximum absolute atomic E-state index is 10.6. The number of carbonyl (C=O) groups is 1. The predicted molar refractivity (Wildman–Crippen MR) is 52.2 cm³/mol. The molecule has 0 saturated heterocycles. The number of aliphatic carboxylic acids is 1. The van der Waals surface area contributed by atoms with E-state index in [4.69, 9.17) is 20.3 Å². The molecule has 0 aliphatic carbocycles. The highest BCUT2D eigenvalue weighted by molar-refractivity contribution is 5.77. The Labute approximate surface area is 84.2 Å². The van der Waals surface area contributed by atoms with E-state index in [1.807, 2.05) is 6.92 Å². The summed E-state index contributed by atoms with van der Waals surface area (Å²) in [4.78, 5) is 10.6. The van der Waals surface area contributed by atoms with Crippen LogP contribution < -0.4 is 5.73 Å². The summed E-state index contributed by atoms with van der Waals surface area (Å²) in [6, 6.07) is 0. The van der Waals surface area contributed by atoms with Crippen molar-refractivity contribution in [1.82, 2.24) is 0 Å². The minimum Gasteiger partial charge on any atom is -0.480 e. The Morgan fingerprint density at radius 1 is 1.36 bits per heavy atom. The number of hydrogen-bond donors (Lipinski definition) is 2. The Balaban J connectivity index is 3.40. The molecular formula is C9H19NO4. The van der Waals surface area contributed by atoms with Crippen LogP contribution in [0.25, 0.3) is 0 Å². The lowest BCUT2D eigenvalue weighted by atomic mass is 10.1. The fourth-order valence-corrected chi connectivity index (χ4v) is 0.710. The Kier molecular flexibility index (Phi) is 6.44. The van der Waals surface area contributed by atoms with Crippen LogP contribution in [0.4, 0.5) is 0 Å². The molecule has 1 unspecified atom stereocenters. The fraction of sp³-hybridized carbons (Fsp3) is 0.889. The van der Waals surface area contributed by atoms with Gasteiger partial charge in [0.15, 0.2) is 0 Å². The molecule has 3 N–H and O–H groups in total. The maximum atomic E-state index is 10.6. The smallest absolute Gasteiger partial charge is 0.325 e. The summed E-state index contributed by atoms with van der Waals surface area (Å²) >= 11 is 0. The molecule has 0 saturated carbocycles. The second-order valence-corrected chi connectivity index (χ2v) is 3.39.